The average Bonchev–Trinajstić information content (AvgIpc) is 2.53. The van der Waals surface area contributed by atoms with Crippen LogP contribution in [0.15, 0.2) is 34.2 Å². The van der Waals surface area contributed by atoms with Crippen LogP contribution in [0.25, 0.3) is 0 Å². The minimum Gasteiger partial charge on any atom is -0.298 e. The quantitative estimate of drug-likeness (QED) is 0.781. The van der Waals surface area contributed by atoms with Gasteiger partial charge in [0.05, 0.1) is 11.3 Å². The first-order valence-corrected chi connectivity index (χ1v) is 6.16. The molecule has 0 atom stereocenters. The fourth-order valence-electron chi connectivity index (χ4n) is 1.70. The maximum atomic E-state index is 11.1. The smallest absolute Gasteiger partial charge is 0.154 e. The van der Waals surface area contributed by atoms with Gasteiger partial charge in [0.1, 0.15) is 5.03 Å². The van der Waals surface area contributed by atoms with Crippen LogP contribution in [0.2, 0.25) is 0 Å². The van der Waals surface area contributed by atoms with E-state index in [0.717, 1.165) is 21.9 Å². The van der Waals surface area contributed by atoms with Crippen molar-refractivity contribution < 1.29 is 4.79 Å². The zero-order valence-electron chi connectivity index (χ0n) is 10.1. The van der Waals surface area contributed by atoms with Crippen LogP contribution < -0.4 is 0 Å². The predicted octanol–water partition coefficient (Wildman–Crippen LogP) is 3.00. The van der Waals surface area contributed by atoms with E-state index in [4.69, 9.17) is 0 Å². The molecule has 0 saturated carbocycles. The molecule has 0 spiro atoms. The molecule has 17 heavy (non-hydrogen) atoms. The molecule has 1 aromatic carbocycles. The third-order valence-corrected chi connectivity index (χ3v) is 3.70. The highest BCUT2D eigenvalue weighted by Crippen LogP contribution is 2.31. The van der Waals surface area contributed by atoms with Crippen molar-refractivity contribution in [2.45, 2.75) is 23.8 Å². The van der Waals surface area contributed by atoms with Crippen LogP contribution in [-0.2, 0) is 7.05 Å². The van der Waals surface area contributed by atoms with E-state index >= 15 is 0 Å². The van der Waals surface area contributed by atoms with Crippen molar-refractivity contribution in [3.63, 3.8) is 0 Å². The zero-order chi connectivity index (χ0) is 12.4. The largest absolute Gasteiger partial charge is 0.298 e. The molecule has 4 heteroatoms. The average molecular weight is 246 g/mol. The number of rotatable bonds is 3. The van der Waals surface area contributed by atoms with Gasteiger partial charge in [-0.05, 0) is 26.0 Å². The minimum atomic E-state index is 0.680. The second-order valence-electron chi connectivity index (χ2n) is 3.96. The van der Waals surface area contributed by atoms with Crippen molar-refractivity contribution >= 4 is 18.0 Å². The van der Waals surface area contributed by atoms with E-state index in [1.807, 2.05) is 26.1 Å². The van der Waals surface area contributed by atoms with E-state index in [-0.39, 0.29) is 0 Å². The number of nitrogens with zero attached hydrogens (tertiary/aromatic N) is 2. The van der Waals surface area contributed by atoms with Crippen LogP contribution in [0.4, 0.5) is 0 Å². The highest BCUT2D eigenvalue weighted by Gasteiger charge is 2.13. The standard InChI is InChI=1S/C13H14N2OS/c1-9-5-4-6-11(7-9)17-13-12(8-16)10(2)14-15(13)3/h4-8H,1-3H3. The fraction of sp³-hybridized carbons (Fsp3) is 0.231. The van der Waals surface area contributed by atoms with Gasteiger partial charge in [0, 0.05) is 11.9 Å². The van der Waals surface area contributed by atoms with Crippen LogP contribution in [0.3, 0.4) is 0 Å². The second kappa shape index (κ2) is 4.75. The third kappa shape index (κ3) is 2.42. The molecule has 0 aliphatic rings. The predicted molar refractivity (Wildman–Crippen MR) is 68.6 cm³/mol. The molecule has 2 aromatic rings. The van der Waals surface area contributed by atoms with Crippen LogP contribution in [0, 0.1) is 13.8 Å². The molecular formula is C13H14N2OS. The maximum absolute atomic E-state index is 11.1. The second-order valence-corrected chi connectivity index (χ2v) is 5.03. The van der Waals surface area contributed by atoms with Crippen molar-refractivity contribution in [1.29, 1.82) is 0 Å². The Bertz CT molecular complexity index is 561. The number of hydrogen-bond donors (Lipinski definition) is 0. The van der Waals surface area contributed by atoms with Crippen molar-refractivity contribution in [3.8, 4) is 0 Å². The summed E-state index contributed by atoms with van der Waals surface area (Å²) in [5, 5.41) is 5.16. The lowest BCUT2D eigenvalue weighted by molar-refractivity contribution is 0.112. The summed E-state index contributed by atoms with van der Waals surface area (Å²) in [6.45, 7) is 3.91. The molecule has 0 saturated heterocycles. The highest BCUT2D eigenvalue weighted by molar-refractivity contribution is 7.99. The summed E-state index contributed by atoms with van der Waals surface area (Å²) in [5.74, 6) is 0. The Labute approximate surface area is 105 Å². The molecule has 1 aromatic heterocycles. The Morgan fingerprint density at radius 1 is 1.35 bits per heavy atom. The summed E-state index contributed by atoms with van der Waals surface area (Å²) in [6.07, 6.45) is 0.875. The highest BCUT2D eigenvalue weighted by atomic mass is 32.2. The third-order valence-electron chi connectivity index (χ3n) is 2.54. The van der Waals surface area contributed by atoms with Crippen LogP contribution >= 0.6 is 11.8 Å². The van der Waals surface area contributed by atoms with Gasteiger partial charge in [-0.2, -0.15) is 5.10 Å². The number of aldehydes is 1. The Hall–Kier alpha value is -1.55. The zero-order valence-corrected chi connectivity index (χ0v) is 10.9. The van der Waals surface area contributed by atoms with Gasteiger partial charge in [-0.1, -0.05) is 29.5 Å². The van der Waals surface area contributed by atoms with Gasteiger partial charge in [-0.3, -0.25) is 9.48 Å². The molecular weight excluding hydrogens is 232 g/mol. The molecule has 0 N–H and O–H groups in total. The van der Waals surface area contributed by atoms with Gasteiger partial charge in [-0.25, -0.2) is 0 Å². The molecule has 0 bridgehead atoms. The fourth-order valence-corrected chi connectivity index (χ4v) is 2.79. The molecule has 0 aliphatic carbocycles. The number of aryl methyl sites for hydroxylation is 3. The maximum Gasteiger partial charge on any atom is 0.154 e. The van der Waals surface area contributed by atoms with E-state index in [2.05, 4.69) is 24.2 Å². The van der Waals surface area contributed by atoms with Crippen molar-refractivity contribution in [2.24, 2.45) is 7.05 Å². The van der Waals surface area contributed by atoms with Gasteiger partial charge >= 0.3 is 0 Å². The molecule has 0 aliphatic heterocycles. The van der Waals surface area contributed by atoms with Crippen LogP contribution in [0.5, 0.6) is 0 Å². The number of benzene rings is 1. The normalized spacial score (nSPS) is 10.5. The topological polar surface area (TPSA) is 34.9 Å². The Morgan fingerprint density at radius 3 is 2.76 bits per heavy atom. The molecule has 1 heterocycles. The minimum absolute atomic E-state index is 0.680. The van der Waals surface area contributed by atoms with Crippen LogP contribution in [0.1, 0.15) is 21.6 Å². The molecule has 0 amide bonds. The van der Waals surface area contributed by atoms with E-state index in [1.54, 1.807) is 16.4 Å². The van der Waals surface area contributed by atoms with Crippen molar-refractivity contribution in [3.05, 3.63) is 41.1 Å². The summed E-state index contributed by atoms with van der Waals surface area (Å²) in [4.78, 5) is 12.2. The van der Waals surface area contributed by atoms with E-state index in [9.17, 15) is 4.79 Å². The Kier molecular flexibility index (Phi) is 3.33. The monoisotopic (exact) mass is 246 g/mol. The Morgan fingerprint density at radius 2 is 2.12 bits per heavy atom. The SMILES string of the molecule is Cc1cccc(Sc2c(C=O)c(C)nn2C)c1. The number of aromatic nitrogens is 2. The lowest BCUT2D eigenvalue weighted by atomic mass is 10.2. The van der Waals surface area contributed by atoms with E-state index in [0.29, 0.717) is 5.56 Å². The first-order chi connectivity index (χ1) is 8.11. The molecule has 2 rings (SSSR count). The van der Waals surface area contributed by atoms with Gasteiger partial charge in [-0.15, -0.1) is 0 Å². The molecule has 0 radical (unpaired) electrons. The van der Waals surface area contributed by atoms with Gasteiger partial charge < -0.3 is 0 Å². The molecule has 0 unspecified atom stereocenters. The molecule has 3 nitrogen and oxygen atoms in total. The summed E-state index contributed by atoms with van der Waals surface area (Å²) < 4.78 is 1.76. The first kappa shape index (κ1) is 11.9. The number of carbonyl (C=O) groups is 1. The van der Waals surface area contributed by atoms with E-state index in [1.165, 1.54) is 5.56 Å². The lowest BCUT2D eigenvalue weighted by Gasteiger charge is -2.03. The van der Waals surface area contributed by atoms with Gasteiger partial charge in [0.15, 0.2) is 6.29 Å². The lowest BCUT2D eigenvalue weighted by Crippen LogP contribution is -1.93. The van der Waals surface area contributed by atoms with E-state index < -0.39 is 0 Å². The van der Waals surface area contributed by atoms with Gasteiger partial charge in [0.25, 0.3) is 0 Å². The summed E-state index contributed by atoms with van der Waals surface area (Å²) >= 11 is 1.57. The first-order valence-electron chi connectivity index (χ1n) is 5.35. The van der Waals surface area contributed by atoms with Crippen molar-refractivity contribution in [2.75, 3.05) is 0 Å². The Balaban J connectivity index is 2.39. The summed E-state index contributed by atoms with van der Waals surface area (Å²) in [7, 11) is 1.86. The number of carbonyl (C=O) groups excluding carboxylic acids is 1. The summed E-state index contributed by atoms with van der Waals surface area (Å²) in [5.41, 5.74) is 2.67. The summed E-state index contributed by atoms with van der Waals surface area (Å²) in [6, 6.07) is 8.21. The van der Waals surface area contributed by atoms with Crippen LogP contribution in [-0.4, -0.2) is 16.1 Å². The molecule has 88 valence electrons. The van der Waals surface area contributed by atoms with Gasteiger partial charge in [0.2, 0.25) is 0 Å². The molecule has 0 fully saturated rings. The van der Waals surface area contributed by atoms with Crippen molar-refractivity contribution in [1.82, 2.24) is 9.78 Å². The number of hydrogen-bond acceptors (Lipinski definition) is 3.